The lowest BCUT2D eigenvalue weighted by atomic mass is 9.82. The van der Waals surface area contributed by atoms with E-state index in [4.69, 9.17) is 39.8 Å². The molecule has 0 spiro atoms. The number of thiocarbonyl (C=S) groups is 1. The van der Waals surface area contributed by atoms with Crippen LogP contribution in [0.15, 0.2) is 66.7 Å². The lowest BCUT2D eigenvalue weighted by molar-refractivity contribution is 0.0565. The first-order chi connectivity index (χ1) is 18.1. The molecule has 1 saturated heterocycles. The molecule has 0 aromatic heterocycles. The zero-order valence-electron chi connectivity index (χ0n) is 22.1. The van der Waals surface area contributed by atoms with Gasteiger partial charge in [0.05, 0.1) is 15.0 Å². The molecule has 7 heteroatoms. The maximum atomic E-state index is 10.4. The Morgan fingerprint density at radius 1 is 0.974 bits per heavy atom. The molecule has 2 aliphatic rings. The predicted octanol–water partition coefficient (Wildman–Crippen LogP) is 6.71. The normalized spacial score (nSPS) is 21.7. The van der Waals surface area contributed by atoms with Crippen LogP contribution in [0.4, 0.5) is 0 Å². The molecule has 1 saturated carbocycles. The van der Waals surface area contributed by atoms with E-state index in [1.807, 2.05) is 0 Å². The maximum absolute atomic E-state index is 10.4. The molecular formula is C31H34Cl2NO2SSi. The second-order valence-corrected chi connectivity index (χ2v) is 14.9. The van der Waals surface area contributed by atoms with Crippen molar-refractivity contribution in [3.8, 4) is 5.75 Å². The maximum Gasteiger partial charge on any atom is 0.283 e. The van der Waals surface area contributed by atoms with Gasteiger partial charge in [0, 0.05) is 37.1 Å². The number of halogens is 2. The van der Waals surface area contributed by atoms with Crippen LogP contribution in [0.2, 0.25) is 10.0 Å². The number of hydrogen-bond donors (Lipinski definition) is 1. The average Bonchev–Trinajstić information content (AvgIpc) is 3.22. The van der Waals surface area contributed by atoms with Gasteiger partial charge in [-0.15, -0.1) is 0 Å². The summed E-state index contributed by atoms with van der Waals surface area (Å²) in [7, 11) is -1.33. The first-order valence-electron chi connectivity index (χ1n) is 13.2. The number of benzene rings is 3. The molecule has 1 N–H and O–H groups in total. The van der Waals surface area contributed by atoms with Crippen LogP contribution in [-0.2, 0) is 9.84 Å². The molecule has 5 rings (SSSR count). The molecule has 1 atom stereocenters. The fourth-order valence-electron chi connectivity index (χ4n) is 5.50. The van der Waals surface area contributed by atoms with Crippen molar-refractivity contribution in [1.29, 1.82) is 0 Å². The van der Waals surface area contributed by atoms with Crippen molar-refractivity contribution in [1.82, 2.24) is 4.90 Å². The fourth-order valence-corrected chi connectivity index (χ4v) is 8.42. The van der Waals surface area contributed by atoms with Gasteiger partial charge < -0.3 is 14.4 Å². The van der Waals surface area contributed by atoms with Gasteiger partial charge in [0.25, 0.3) is 9.04 Å². The molecule has 3 aromatic carbocycles. The third-order valence-electron chi connectivity index (χ3n) is 7.74. The number of hydrogen-bond acceptors (Lipinski definition) is 3. The van der Waals surface area contributed by atoms with Crippen LogP contribution in [0.1, 0.15) is 57.1 Å². The fraction of sp³-hybridized carbons (Fsp3) is 0.387. The number of nitrogens with zero attached hydrogens (tertiary/aromatic N) is 1. The molecule has 1 radical (unpaired) electrons. The summed E-state index contributed by atoms with van der Waals surface area (Å²) in [5.41, 5.74) is 2.18. The Balaban J connectivity index is 1.22. The predicted molar refractivity (Wildman–Crippen MR) is 164 cm³/mol. The SMILES string of the molecule is CC(C)(C)c1ccc([Si](OC2CC(CN3CC(c4c(O)ccc(Cl)c4Cl)CC3=S)C2)c2ccccc2)cc1. The Morgan fingerprint density at radius 2 is 1.63 bits per heavy atom. The Hall–Kier alpha value is -1.89. The van der Waals surface area contributed by atoms with E-state index in [-0.39, 0.29) is 23.2 Å². The minimum Gasteiger partial charge on any atom is -0.508 e. The van der Waals surface area contributed by atoms with Crippen molar-refractivity contribution in [2.75, 3.05) is 13.1 Å². The highest BCUT2D eigenvalue weighted by atomic mass is 35.5. The van der Waals surface area contributed by atoms with Crippen molar-refractivity contribution in [2.24, 2.45) is 5.92 Å². The molecule has 0 amide bonds. The minimum absolute atomic E-state index is 0.0600. The van der Waals surface area contributed by atoms with Gasteiger partial charge in [-0.25, -0.2) is 0 Å². The molecule has 1 heterocycles. The summed E-state index contributed by atoms with van der Waals surface area (Å²) in [6.07, 6.45) is 3.04. The van der Waals surface area contributed by atoms with Gasteiger partial charge in [-0.1, -0.05) is 111 Å². The van der Waals surface area contributed by atoms with Gasteiger partial charge in [0.1, 0.15) is 5.75 Å². The van der Waals surface area contributed by atoms with Crippen molar-refractivity contribution in [2.45, 2.75) is 57.5 Å². The van der Waals surface area contributed by atoms with Crippen LogP contribution in [0, 0.1) is 5.92 Å². The topological polar surface area (TPSA) is 32.7 Å². The highest BCUT2D eigenvalue weighted by Gasteiger charge is 2.38. The van der Waals surface area contributed by atoms with Crippen LogP contribution in [0.5, 0.6) is 5.75 Å². The molecule has 38 heavy (non-hydrogen) atoms. The average molecular weight is 584 g/mol. The highest BCUT2D eigenvalue weighted by molar-refractivity contribution is 7.80. The van der Waals surface area contributed by atoms with Crippen molar-refractivity contribution < 1.29 is 9.53 Å². The van der Waals surface area contributed by atoms with E-state index in [0.717, 1.165) is 30.9 Å². The largest absolute Gasteiger partial charge is 0.508 e. The summed E-state index contributed by atoms with van der Waals surface area (Å²) in [6, 6.07) is 22.9. The first kappa shape index (κ1) is 27.7. The van der Waals surface area contributed by atoms with E-state index in [9.17, 15) is 5.11 Å². The Bertz CT molecular complexity index is 1290. The molecule has 3 nitrogen and oxygen atoms in total. The molecule has 1 aliphatic heterocycles. The first-order valence-corrected chi connectivity index (χ1v) is 15.8. The lowest BCUT2D eigenvalue weighted by Gasteiger charge is -2.39. The Kier molecular flexibility index (Phi) is 8.23. The second kappa shape index (κ2) is 11.3. The van der Waals surface area contributed by atoms with E-state index in [2.05, 4.69) is 80.3 Å². The molecule has 1 unspecified atom stereocenters. The number of aromatic hydroxyl groups is 1. The zero-order chi connectivity index (χ0) is 27.0. The minimum atomic E-state index is -1.33. The van der Waals surface area contributed by atoms with Gasteiger partial charge in [-0.2, -0.15) is 0 Å². The van der Waals surface area contributed by atoms with Crippen LogP contribution in [-0.4, -0.2) is 43.2 Å². The van der Waals surface area contributed by atoms with E-state index in [1.165, 1.54) is 15.9 Å². The van der Waals surface area contributed by atoms with Gasteiger partial charge >= 0.3 is 0 Å². The second-order valence-electron chi connectivity index (χ2n) is 11.6. The van der Waals surface area contributed by atoms with Crippen LogP contribution in [0.3, 0.4) is 0 Å². The summed E-state index contributed by atoms with van der Waals surface area (Å²) in [6.45, 7) is 8.42. The molecule has 2 fully saturated rings. The highest BCUT2D eigenvalue weighted by Crippen LogP contribution is 2.43. The number of phenolic OH excluding ortho intramolecular Hbond substituents is 1. The number of phenols is 1. The van der Waals surface area contributed by atoms with E-state index in [1.54, 1.807) is 12.1 Å². The molecule has 199 valence electrons. The quantitative estimate of drug-likeness (QED) is 0.248. The smallest absolute Gasteiger partial charge is 0.283 e. The summed E-state index contributed by atoms with van der Waals surface area (Å²) >= 11 is 18.4. The van der Waals surface area contributed by atoms with Crippen molar-refractivity contribution in [3.63, 3.8) is 0 Å². The van der Waals surface area contributed by atoms with Crippen LogP contribution < -0.4 is 10.4 Å². The molecule has 0 bridgehead atoms. The van der Waals surface area contributed by atoms with E-state index in [0.29, 0.717) is 27.9 Å². The number of rotatable bonds is 7. The van der Waals surface area contributed by atoms with Crippen molar-refractivity contribution in [3.05, 3.63) is 87.9 Å². The Morgan fingerprint density at radius 3 is 2.29 bits per heavy atom. The van der Waals surface area contributed by atoms with Gasteiger partial charge in [-0.3, -0.25) is 0 Å². The summed E-state index contributed by atoms with van der Waals surface area (Å²) in [4.78, 5) is 3.22. The monoisotopic (exact) mass is 582 g/mol. The zero-order valence-corrected chi connectivity index (χ0v) is 25.4. The lowest BCUT2D eigenvalue weighted by Crippen LogP contribution is -2.51. The summed E-state index contributed by atoms with van der Waals surface area (Å²) < 4.78 is 6.83. The van der Waals surface area contributed by atoms with Crippen molar-refractivity contribution >= 4 is 59.8 Å². The number of likely N-dealkylation sites (tertiary alicyclic amines) is 1. The van der Waals surface area contributed by atoms with Crippen LogP contribution >= 0.6 is 35.4 Å². The standard InChI is InChI=1S/C31H34Cl2NO2SSi/c1-31(2,3)22-9-11-25(12-10-22)38(24-7-5-4-6-8-24)36-23-15-20(16-23)18-34-19-21(17-28(34)37)29-27(35)14-13-26(32)30(29)33/h4-14,20-21,23,35H,15-19H2,1-3H3. The summed E-state index contributed by atoms with van der Waals surface area (Å²) in [5.74, 6) is 0.796. The van der Waals surface area contributed by atoms with Gasteiger partial charge in [0.2, 0.25) is 0 Å². The molecule has 3 aromatic rings. The molecular weight excluding hydrogens is 549 g/mol. The third-order valence-corrected chi connectivity index (χ3v) is 11.3. The van der Waals surface area contributed by atoms with E-state index >= 15 is 0 Å². The third kappa shape index (κ3) is 5.97. The Labute approximate surface area is 243 Å². The van der Waals surface area contributed by atoms with Gasteiger partial charge in [0.15, 0.2) is 0 Å². The molecule has 1 aliphatic carbocycles. The van der Waals surface area contributed by atoms with Gasteiger partial charge in [-0.05, 0) is 52.2 Å². The van der Waals surface area contributed by atoms with E-state index < -0.39 is 9.04 Å². The van der Waals surface area contributed by atoms with Crippen LogP contribution in [0.25, 0.3) is 0 Å². The summed E-state index contributed by atoms with van der Waals surface area (Å²) in [5, 5.41) is 13.9.